The van der Waals surface area contributed by atoms with Gasteiger partial charge in [-0.3, -0.25) is 4.79 Å². The van der Waals surface area contributed by atoms with Crippen molar-refractivity contribution in [2.75, 3.05) is 32.7 Å². The van der Waals surface area contributed by atoms with Gasteiger partial charge in [-0.15, -0.1) is 0 Å². The van der Waals surface area contributed by atoms with Crippen molar-refractivity contribution in [3.05, 3.63) is 35.8 Å². The van der Waals surface area contributed by atoms with Gasteiger partial charge in [-0.1, -0.05) is 6.92 Å². The molecule has 0 N–H and O–H groups in total. The predicted octanol–water partition coefficient (Wildman–Crippen LogP) is 2.10. The third-order valence-electron chi connectivity index (χ3n) is 4.33. The fourth-order valence-corrected chi connectivity index (χ4v) is 2.95. The van der Waals surface area contributed by atoms with Gasteiger partial charge in [-0.2, -0.15) is 0 Å². The molecule has 21 heavy (non-hydrogen) atoms. The molecule has 0 unspecified atom stereocenters. The topological polar surface area (TPSA) is 28.5 Å². The number of likely N-dealkylation sites (N-methyl/N-ethyl adjacent to an activating group) is 1. The quantitative estimate of drug-likeness (QED) is 0.847. The molecule has 1 amide bonds. The summed E-state index contributed by atoms with van der Waals surface area (Å²) in [5.41, 5.74) is 1.51. The summed E-state index contributed by atoms with van der Waals surface area (Å²) in [5, 5.41) is 0.771. The minimum absolute atomic E-state index is 0.0323. The summed E-state index contributed by atoms with van der Waals surface area (Å²) in [5.74, 6) is -0.242. The number of aryl methyl sites for hydroxylation is 1. The first kappa shape index (κ1) is 14.1. The van der Waals surface area contributed by atoms with Crippen LogP contribution in [0.3, 0.4) is 0 Å². The Hall–Kier alpha value is -1.88. The molecule has 1 aromatic carbocycles. The molecule has 5 heteroatoms. The molecule has 0 atom stereocenters. The lowest BCUT2D eigenvalue weighted by molar-refractivity contribution is 0.0634. The summed E-state index contributed by atoms with van der Waals surface area (Å²) in [7, 11) is 1.86. The second kappa shape index (κ2) is 5.48. The van der Waals surface area contributed by atoms with Gasteiger partial charge in [-0.05, 0) is 30.8 Å². The molecule has 2 heterocycles. The van der Waals surface area contributed by atoms with Gasteiger partial charge in [-0.25, -0.2) is 4.39 Å². The van der Waals surface area contributed by atoms with E-state index in [2.05, 4.69) is 11.8 Å². The van der Waals surface area contributed by atoms with Crippen molar-refractivity contribution in [1.82, 2.24) is 14.4 Å². The van der Waals surface area contributed by atoms with Gasteiger partial charge in [0.05, 0.1) is 0 Å². The Morgan fingerprint density at radius 2 is 1.90 bits per heavy atom. The van der Waals surface area contributed by atoms with Gasteiger partial charge in [0, 0.05) is 44.1 Å². The second-order valence-corrected chi connectivity index (χ2v) is 5.52. The lowest BCUT2D eigenvalue weighted by Gasteiger charge is -2.34. The first-order valence-corrected chi connectivity index (χ1v) is 7.36. The summed E-state index contributed by atoms with van der Waals surface area (Å²) in [6, 6.07) is 6.40. The number of halogens is 1. The summed E-state index contributed by atoms with van der Waals surface area (Å²) in [4.78, 5) is 16.9. The maximum atomic E-state index is 13.3. The molecule has 2 aromatic rings. The Morgan fingerprint density at radius 3 is 2.57 bits per heavy atom. The van der Waals surface area contributed by atoms with E-state index in [1.54, 1.807) is 12.1 Å². The van der Waals surface area contributed by atoms with Crippen molar-refractivity contribution in [3.63, 3.8) is 0 Å². The molecule has 0 bridgehead atoms. The Morgan fingerprint density at radius 1 is 1.19 bits per heavy atom. The smallest absolute Gasteiger partial charge is 0.270 e. The van der Waals surface area contributed by atoms with Gasteiger partial charge in [0.15, 0.2) is 0 Å². The zero-order chi connectivity index (χ0) is 15.0. The number of hydrogen-bond donors (Lipinski definition) is 0. The lowest BCUT2D eigenvalue weighted by atomic mass is 10.2. The molecule has 1 aromatic heterocycles. The normalized spacial score (nSPS) is 16.6. The molecule has 0 aliphatic carbocycles. The van der Waals surface area contributed by atoms with Gasteiger partial charge < -0.3 is 14.4 Å². The number of nitrogens with zero attached hydrogens (tertiary/aromatic N) is 3. The number of carbonyl (C=O) groups is 1. The standard InChI is InChI=1S/C16H20FN3O/c1-3-19-6-8-20(9-7-19)16(21)15-11-12-10-13(17)4-5-14(12)18(15)2/h4-5,10-11H,3,6-9H2,1-2H3. The van der Waals surface area contributed by atoms with Gasteiger partial charge in [0.25, 0.3) is 5.91 Å². The largest absolute Gasteiger partial charge is 0.340 e. The summed E-state index contributed by atoms with van der Waals surface area (Å²) < 4.78 is 15.2. The van der Waals surface area contributed by atoms with E-state index >= 15 is 0 Å². The number of fused-ring (bicyclic) bond motifs is 1. The molecule has 1 aliphatic rings. The van der Waals surface area contributed by atoms with Crippen molar-refractivity contribution in [2.24, 2.45) is 7.05 Å². The van der Waals surface area contributed by atoms with Gasteiger partial charge in [0.2, 0.25) is 0 Å². The van der Waals surface area contributed by atoms with Crippen LogP contribution in [0.1, 0.15) is 17.4 Å². The average molecular weight is 289 g/mol. The molecule has 1 fully saturated rings. The Bertz CT molecular complexity index is 671. The monoisotopic (exact) mass is 289 g/mol. The van der Waals surface area contributed by atoms with E-state index in [1.807, 2.05) is 16.5 Å². The van der Waals surface area contributed by atoms with E-state index in [0.717, 1.165) is 43.6 Å². The molecule has 3 rings (SSSR count). The molecule has 0 saturated carbocycles. The Kier molecular flexibility index (Phi) is 3.68. The van der Waals surface area contributed by atoms with Crippen molar-refractivity contribution in [3.8, 4) is 0 Å². The fourth-order valence-electron chi connectivity index (χ4n) is 2.95. The zero-order valence-corrected chi connectivity index (χ0v) is 12.5. The van der Waals surface area contributed by atoms with Crippen molar-refractivity contribution in [1.29, 1.82) is 0 Å². The van der Waals surface area contributed by atoms with Gasteiger partial charge in [0.1, 0.15) is 11.5 Å². The number of aromatic nitrogens is 1. The second-order valence-electron chi connectivity index (χ2n) is 5.52. The van der Waals surface area contributed by atoms with Crippen LogP contribution in [0.2, 0.25) is 0 Å². The van der Waals surface area contributed by atoms with Crippen LogP contribution >= 0.6 is 0 Å². The fraction of sp³-hybridized carbons (Fsp3) is 0.438. The van der Waals surface area contributed by atoms with Crippen LogP contribution in [0.4, 0.5) is 4.39 Å². The number of hydrogen-bond acceptors (Lipinski definition) is 2. The molecule has 4 nitrogen and oxygen atoms in total. The Balaban J connectivity index is 1.86. The van der Waals surface area contributed by atoms with E-state index in [9.17, 15) is 9.18 Å². The highest BCUT2D eigenvalue weighted by Gasteiger charge is 2.23. The minimum Gasteiger partial charge on any atom is -0.340 e. The zero-order valence-electron chi connectivity index (χ0n) is 12.5. The van der Waals surface area contributed by atoms with E-state index in [-0.39, 0.29) is 11.7 Å². The summed E-state index contributed by atoms with van der Waals surface area (Å²) >= 11 is 0. The number of amides is 1. The predicted molar refractivity (Wildman–Crippen MR) is 80.9 cm³/mol. The van der Waals surface area contributed by atoms with Gasteiger partial charge >= 0.3 is 0 Å². The number of piperazine rings is 1. The van der Waals surface area contributed by atoms with Crippen molar-refractivity contribution in [2.45, 2.75) is 6.92 Å². The summed E-state index contributed by atoms with van der Waals surface area (Å²) in [6.45, 7) is 6.50. The van der Waals surface area contributed by atoms with Crippen molar-refractivity contribution < 1.29 is 9.18 Å². The average Bonchev–Trinajstić information content (AvgIpc) is 2.83. The molecule has 1 aliphatic heterocycles. The molecule has 1 saturated heterocycles. The molecular weight excluding hydrogens is 269 g/mol. The number of benzene rings is 1. The third kappa shape index (κ3) is 2.53. The van der Waals surface area contributed by atoms with Crippen LogP contribution in [0.5, 0.6) is 0 Å². The van der Waals surface area contributed by atoms with Crippen LogP contribution in [-0.4, -0.2) is 53.0 Å². The SMILES string of the molecule is CCN1CCN(C(=O)c2cc3cc(F)ccc3n2C)CC1. The summed E-state index contributed by atoms with van der Waals surface area (Å²) in [6.07, 6.45) is 0. The van der Waals surface area contributed by atoms with E-state index in [0.29, 0.717) is 5.69 Å². The maximum Gasteiger partial charge on any atom is 0.270 e. The van der Waals surface area contributed by atoms with Crippen LogP contribution in [0, 0.1) is 5.82 Å². The molecule has 112 valence electrons. The van der Waals surface area contributed by atoms with Crippen molar-refractivity contribution >= 4 is 16.8 Å². The van der Waals surface area contributed by atoms with E-state index < -0.39 is 0 Å². The minimum atomic E-state index is -0.274. The first-order chi connectivity index (χ1) is 10.1. The van der Waals surface area contributed by atoms with Crippen LogP contribution in [-0.2, 0) is 7.05 Å². The number of rotatable bonds is 2. The molecular formula is C16H20FN3O. The van der Waals surface area contributed by atoms with Crippen LogP contribution in [0.25, 0.3) is 10.9 Å². The Labute approximate surface area is 123 Å². The molecule has 0 spiro atoms. The number of carbonyl (C=O) groups excluding carboxylic acids is 1. The maximum absolute atomic E-state index is 13.3. The van der Waals surface area contributed by atoms with E-state index in [1.165, 1.54) is 12.1 Å². The molecule has 0 radical (unpaired) electrons. The van der Waals surface area contributed by atoms with Crippen LogP contribution in [0.15, 0.2) is 24.3 Å². The lowest BCUT2D eigenvalue weighted by Crippen LogP contribution is -2.48. The third-order valence-corrected chi connectivity index (χ3v) is 4.33. The van der Waals surface area contributed by atoms with Crippen LogP contribution < -0.4 is 0 Å². The highest BCUT2D eigenvalue weighted by atomic mass is 19.1. The van der Waals surface area contributed by atoms with E-state index in [4.69, 9.17) is 0 Å². The highest BCUT2D eigenvalue weighted by Crippen LogP contribution is 2.21. The first-order valence-electron chi connectivity index (χ1n) is 7.36. The highest BCUT2D eigenvalue weighted by molar-refractivity contribution is 5.98.